The number of amides is 1. The molecule has 1 N–H and O–H groups in total. The second-order valence-electron chi connectivity index (χ2n) is 7.60. The maximum absolute atomic E-state index is 13.2. The molecule has 3 aromatic rings. The van der Waals surface area contributed by atoms with Gasteiger partial charge in [-0.25, -0.2) is 4.39 Å². The van der Waals surface area contributed by atoms with Crippen LogP contribution in [0.5, 0.6) is 0 Å². The smallest absolute Gasteiger partial charge is 0.293 e. The summed E-state index contributed by atoms with van der Waals surface area (Å²) in [5.41, 5.74) is 1.87. The van der Waals surface area contributed by atoms with E-state index in [-0.39, 0.29) is 29.5 Å². The van der Waals surface area contributed by atoms with Gasteiger partial charge in [0.25, 0.3) is 11.6 Å². The zero-order chi connectivity index (χ0) is 23.4. The summed E-state index contributed by atoms with van der Waals surface area (Å²) in [6.07, 6.45) is -0.394. The molecule has 1 saturated heterocycles. The first-order valence-electron chi connectivity index (χ1n) is 10.3. The number of anilines is 1. The molecule has 0 bridgehead atoms. The number of carbonyl (C=O) groups is 1. The van der Waals surface area contributed by atoms with Crippen LogP contribution in [0.4, 0.5) is 15.8 Å². The molecule has 0 aliphatic carbocycles. The zero-order valence-electron chi connectivity index (χ0n) is 17.5. The fourth-order valence-electron chi connectivity index (χ4n) is 3.69. The van der Waals surface area contributed by atoms with Crippen molar-refractivity contribution in [1.29, 1.82) is 0 Å². The summed E-state index contributed by atoms with van der Waals surface area (Å²) in [5.74, 6) is -0.677. The van der Waals surface area contributed by atoms with Crippen LogP contribution in [0.15, 0.2) is 66.7 Å². The Balaban J connectivity index is 1.50. The first-order chi connectivity index (χ1) is 15.9. The number of ether oxygens (including phenoxy) is 1. The Morgan fingerprint density at radius 3 is 2.67 bits per heavy atom. The Labute approximate surface area is 194 Å². The number of carbonyl (C=O) groups excluding carboxylic acids is 1. The van der Waals surface area contributed by atoms with Gasteiger partial charge in [-0.1, -0.05) is 41.9 Å². The van der Waals surface area contributed by atoms with Crippen molar-refractivity contribution in [2.45, 2.75) is 12.6 Å². The topological polar surface area (TPSA) is 84.7 Å². The molecule has 7 nitrogen and oxygen atoms in total. The molecule has 1 atom stereocenters. The van der Waals surface area contributed by atoms with Crippen LogP contribution in [-0.4, -0.2) is 35.4 Å². The third-order valence-corrected chi connectivity index (χ3v) is 5.83. The third kappa shape index (κ3) is 5.30. The van der Waals surface area contributed by atoms with Crippen LogP contribution in [0.2, 0.25) is 5.02 Å². The van der Waals surface area contributed by atoms with Crippen LogP contribution >= 0.6 is 11.6 Å². The molecule has 170 valence electrons. The van der Waals surface area contributed by atoms with Crippen LogP contribution < -0.4 is 5.32 Å². The fraction of sp³-hybridized carbons (Fsp3) is 0.208. The van der Waals surface area contributed by atoms with Crippen molar-refractivity contribution < 1.29 is 18.8 Å². The number of nitro benzene ring substituents is 1. The van der Waals surface area contributed by atoms with Crippen molar-refractivity contribution in [2.75, 3.05) is 25.0 Å². The van der Waals surface area contributed by atoms with Crippen molar-refractivity contribution >= 4 is 28.9 Å². The molecule has 1 amide bonds. The lowest BCUT2D eigenvalue weighted by atomic mass is 10.1. The number of halogens is 2. The molecule has 1 fully saturated rings. The number of hydrogen-bond donors (Lipinski definition) is 1. The Kier molecular flexibility index (Phi) is 6.86. The van der Waals surface area contributed by atoms with E-state index in [0.29, 0.717) is 30.4 Å². The monoisotopic (exact) mass is 469 g/mol. The predicted octanol–water partition coefficient (Wildman–Crippen LogP) is 5.21. The SMILES string of the molecule is O=C(c1ccc(NCc2ccccc2Cl)c([N+](=O)[O-])c1)N1CCOC(c2ccc(F)cc2)C1. The lowest BCUT2D eigenvalue weighted by Gasteiger charge is -2.33. The standard InChI is InChI=1S/C24H21ClFN3O4/c25-20-4-2-1-3-18(20)14-27-21-10-7-17(13-22(21)29(31)32)24(30)28-11-12-33-23(15-28)16-5-8-19(26)9-6-16/h1-10,13,23,27H,11-12,14-15H2. The average Bonchev–Trinajstić information content (AvgIpc) is 2.83. The highest BCUT2D eigenvalue weighted by molar-refractivity contribution is 6.31. The van der Waals surface area contributed by atoms with Gasteiger partial charge < -0.3 is 15.0 Å². The lowest BCUT2D eigenvalue weighted by Crippen LogP contribution is -2.42. The van der Waals surface area contributed by atoms with Gasteiger partial charge >= 0.3 is 0 Å². The quantitative estimate of drug-likeness (QED) is 0.395. The minimum Gasteiger partial charge on any atom is -0.375 e. The Morgan fingerprint density at radius 1 is 1.18 bits per heavy atom. The number of hydrogen-bond acceptors (Lipinski definition) is 5. The molecule has 1 aliphatic heterocycles. The summed E-state index contributed by atoms with van der Waals surface area (Å²) in [4.78, 5) is 25.8. The normalized spacial score (nSPS) is 15.8. The molecule has 0 saturated carbocycles. The molecule has 0 spiro atoms. The first kappa shape index (κ1) is 22.7. The number of morpholine rings is 1. The molecule has 1 aliphatic rings. The van der Waals surface area contributed by atoms with Gasteiger partial charge in [0.05, 0.1) is 18.1 Å². The number of nitro groups is 1. The maximum atomic E-state index is 13.2. The van der Waals surface area contributed by atoms with E-state index in [9.17, 15) is 19.3 Å². The van der Waals surface area contributed by atoms with Gasteiger partial charge in [0.15, 0.2) is 0 Å². The van der Waals surface area contributed by atoms with E-state index in [1.54, 1.807) is 35.2 Å². The molecule has 1 heterocycles. The van der Waals surface area contributed by atoms with Gasteiger partial charge in [-0.15, -0.1) is 0 Å². The van der Waals surface area contributed by atoms with Crippen molar-refractivity contribution in [3.05, 3.63) is 104 Å². The number of nitrogens with one attached hydrogen (secondary N) is 1. The number of benzene rings is 3. The van der Waals surface area contributed by atoms with Gasteiger partial charge in [0.1, 0.15) is 17.6 Å². The van der Waals surface area contributed by atoms with Gasteiger partial charge in [-0.3, -0.25) is 14.9 Å². The zero-order valence-corrected chi connectivity index (χ0v) is 18.3. The number of nitrogens with zero attached hydrogens (tertiary/aromatic N) is 2. The highest BCUT2D eigenvalue weighted by Gasteiger charge is 2.27. The number of rotatable bonds is 6. The largest absolute Gasteiger partial charge is 0.375 e. The van der Waals surface area contributed by atoms with E-state index < -0.39 is 11.0 Å². The minimum atomic E-state index is -0.521. The summed E-state index contributed by atoms with van der Waals surface area (Å²) in [7, 11) is 0. The molecule has 1 unspecified atom stereocenters. The van der Waals surface area contributed by atoms with E-state index in [0.717, 1.165) is 11.1 Å². The molecule has 33 heavy (non-hydrogen) atoms. The molecular weight excluding hydrogens is 449 g/mol. The van der Waals surface area contributed by atoms with Gasteiger partial charge in [-0.2, -0.15) is 0 Å². The second-order valence-corrected chi connectivity index (χ2v) is 8.00. The summed E-state index contributed by atoms with van der Waals surface area (Å²) < 4.78 is 19.0. The average molecular weight is 470 g/mol. The van der Waals surface area contributed by atoms with E-state index in [4.69, 9.17) is 16.3 Å². The Bertz CT molecular complexity index is 1170. The first-order valence-corrected chi connectivity index (χ1v) is 10.7. The van der Waals surface area contributed by atoms with Crippen LogP contribution in [0.1, 0.15) is 27.6 Å². The Morgan fingerprint density at radius 2 is 1.94 bits per heavy atom. The Hall–Kier alpha value is -3.49. The van der Waals surface area contributed by atoms with Gasteiger partial charge in [0, 0.05) is 29.7 Å². The maximum Gasteiger partial charge on any atom is 0.293 e. The summed E-state index contributed by atoms with van der Waals surface area (Å²) >= 11 is 6.16. The van der Waals surface area contributed by atoms with Gasteiger partial charge in [-0.05, 0) is 41.5 Å². The molecule has 3 aromatic carbocycles. The van der Waals surface area contributed by atoms with E-state index >= 15 is 0 Å². The van der Waals surface area contributed by atoms with E-state index in [1.165, 1.54) is 24.3 Å². The summed E-state index contributed by atoms with van der Waals surface area (Å²) in [6.45, 7) is 1.24. The molecular formula is C24H21ClFN3O4. The van der Waals surface area contributed by atoms with Crippen LogP contribution in [0.3, 0.4) is 0 Å². The highest BCUT2D eigenvalue weighted by Crippen LogP contribution is 2.29. The van der Waals surface area contributed by atoms with Crippen LogP contribution in [0.25, 0.3) is 0 Å². The third-order valence-electron chi connectivity index (χ3n) is 5.46. The molecule has 4 rings (SSSR count). The summed E-state index contributed by atoms with van der Waals surface area (Å²) in [5, 5.41) is 15.3. The lowest BCUT2D eigenvalue weighted by molar-refractivity contribution is -0.384. The predicted molar refractivity (Wildman–Crippen MR) is 123 cm³/mol. The van der Waals surface area contributed by atoms with Crippen molar-refractivity contribution in [3.63, 3.8) is 0 Å². The van der Waals surface area contributed by atoms with Crippen molar-refractivity contribution in [3.8, 4) is 0 Å². The van der Waals surface area contributed by atoms with Gasteiger partial charge in [0.2, 0.25) is 0 Å². The second kappa shape index (κ2) is 9.97. The van der Waals surface area contributed by atoms with Crippen molar-refractivity contribution in [2.24, 2.45) is 0 Å². The highest BCUT2D eigenvalue weighted by atomic mass is 35.5. The van der Waals surface area contributed by atoms with Crippen molar-refractivity contribution in [1.82, 2.24) is 4.90 Å². The van der Waals surface area contributed by atoms with E-state index in [1.807, 2.05) is 12.1 Å². The molecule has 0 aromatic heterocycles. The molecule has 9 heteroatoms. The minimum absolute atomic E-state index is 0.198. The van der Waals surface area contributed by atoms with Crippen LogP contribution in [0, 0.1) is 15.9 Å². The van der Waals surface area contributed by atoms with Crippen LogP contribution in [-0.2, 0) is 11.3 Å². The fourth-order valence-corrected chi connectivity index (χ4v) is 3.90. The summed E-state index contributed by atoms with van der Waals surface area (Å²) in [6, 6.07) is 17.5. The molecule has 0 radical (unpaired) electrons. The van der Waals surface area contributed by atoms with E-state index in [2.05, 4.69) is 5.32 Å².